The fourth-order valence-electron chi connectivity index (χ4n) is 2.68. The zero-order valence-corrected chi connectivity index (χ0v) is 13.7. The summed E-state index contributed by atoms with van der Waals surface area (Å²) in [4.78, 5) is 14.0. The van der Waals surface area contributed by atoms with E-state index in [4.69, 9.17) is 0 Å². The van der Waals surface area contributed by atoms with E-state index in [1.54, 1.807) is 0 Å². The summed E-state index contributed by atoms with van der Waals surface area (Å²) in [5.74, 6) is 0.899. The molecule has 0 aromatic heterocycles. The molecule has 0 bridgehead atoms. The second-order valence-corrected chi connectivity index (χ2v) is 6.43. The quantitative estimate of drug-likeness (QED) is 0.864. The third-order valence-electron chi connectivity index (χ3n) is 3.91. The molecule has 110 valence electrons. The molecule has 0 saturated carbocycles. The monoisotopic (exact) mass is 338 g/mol. The summed E-state index contributed by atoms with van der Waals surface area (Å²) in [6.07, 6.45) is 3.69. The Morgan fingerprint density at radius 3 is 2.95 bits per heavy atom. The van der Waals surface area contributed by atoms with Gasteiger partial charge in [-0.2, -0.15) is 0 Å². The van der Waals surface area contributed by atoms with Crippen molar-refractivity contribution in [1.82, 2.24) is 10.2 Å². The fraction of sp³-hybridized carbons (Fsp3) is 0.562. The summed E-state index contributed by atoms with van der Waals surface area (Å²) < 4.78 is 1.14. The number of aryl methyl sites for hydroxylation is 1. The van der Waals surface area contributed by atoms with Crippen LogP contribution < -0.4 is 5.32 Å². The highest BCUT2D eigenvalue weighted by Crippen LogP contribution is 2.18. The van der Waals surface area contributed by atoms with Crippen molar-refractivity contribution < 1.29 is 4.79 Å². The predicted octanol–water partition coefficient (Wildman–Crippen LogP) is 2.84. The average molecular weight is 339 g/mol. The molecule has 20 heavy (non-hydrogen) atoms. The highest BCUT2D eigenvalue weighted by Gasteiger charge is 2.18. The molecule has 3 nitrogen and oxygen atoms in total. The van der Waals surface area contributed by atoms with Crippen molar-refractivity contribution in [3.8, 4) is 0 Å². The summed E-state index contributed by atoms with van der Waals surface area (Å²) in [5.41, 5.74) is 1.28. The molecule has 1 fully saturated rings. The maximum atomic E-state index is 12.1. The van der Waals surface area contributed by atoms with Crippen LogP contribution in [-0.2, 0) is 11.2 Å². The van der Waals surface area contributed by atoms with Gasteiger partial charge >= 0.3 is 0 Å². The first-order chi connectivity index (χ1) is 9.66. The topological polar surface area (TPSA) is 32.3 Å². The van der Waals surface area contributed by atoms with E-state index in [0.717, 1.165) is 36.9 Å². The molecule has 2 rings (SSSR count). The molecular weight excluding hydrogens is 316 g/mol. The summed E-state index contributed by atoms with van der Waals surface area (Å²) in [5, 5.41) is 3.34. The Morgan fingerprint density at radius 1 is 1.45 bits per heavy atom. The van der Waals surface area contributed by atoms with E-state index in [9.17, 15) is 4.79 Å². The number of nitrogens with one attached hydrogen (secondary N) is 1. The Kier molecular flexibility index (Phi) is 6.05. The third-order valence-corrected chi connectivity index (χ3v) is 4.69. The zero-order chi connectivity index (χ0) is 14.4. The molecule has 1 saturated heterocycles. The van der Waals surface area contributed by atoms with Crippen LogP contribution in [0.3, 0.4) is 0 Å². The van der Waals surface area contributed by atoms with Crippen molar-refractivity contribution >= 4 is 21.8 Å². The molecule has 1 aliphatic rings. The van der Waals surface area contributed by atoms with Crippen molar-refractivity contribution in [2.24, 2.45) is 5.92 Å². The summed E-state index contributed by atoms with van der Waals surface area (Å²) in [7, 11) is 1.93. The molecule has 1 amide bonds. The fourth-order valence-corrected chi connectivity index (χ4v) is 3.16. The summed E-state index contributed by atoms with van der Waals surface area (Å²) >= 11 is 3.55. The van der Waals surface area contributed by atoms with Gasteiger partial charge in [0.15, 0.2) is 0 Å². The van der Waals surface area contributed by atoms with E-state index < -0.39 is 0 Å². The van der Waals surface area contributed by atoms with Crippen molar-refractivity contribution in [1.29, 1.82) is 0 Å². The molecule has 1 heterocycles. The maximum Gasteiger partial charge on any atom is 0.222 e. The molecule has 1 N–H and O–H groups in total. The molecule has 1 aromatic carbocycles. The van der Waals surface area contributed by atoms with Gasteiger partial charge in [-0.15, -0.1) is 0 Å². The number of hydrogen-bond acceptors (Lipinski definition) is 2. The second kappa shape index (κ2) is 7.79. The Hall–Kier alpha value is -0.870. The highest BCUT2D eigenvalue weighted by atomic mass is 79.9. The molecule has 1 atom stereocenters. The molecule has 1 aromatic rings. The smallest absolute Gasteiger partial charge is 0.222 e. The second-order valence-electron chi connectivity index (χ2n) is 5.58. The first-order valence-corrected chi connectivity index (χ1v) is 8.14. The van der Waals surface area contributed by atoms with Crippen LogP contribution in [0.15, 0.2) is 28.7 Å². The predicted molar refractivity (Wildman–Crippen MR) is 85.7 cm³/mol. The van der Waals surface area contributed by atoms with Gasteiger partial charge in [-0.25, -0.2) is 0 Å². The third kappa shape index (κ3) is 4.60. The number of rotatable bonds is 6. The molecule has 1 aliphatic heterocycles. The van der Waals surface area contributed by atoms with Gasteiger partial charge in [0, 0.05) is 24.5 Å². The van der Waals surface area contributed by atoms with Crippen molar-refractivity contribution in [3.63, 3.8) is 0 Å². The lowest BCUT2D eigenvalue weighted by Gasteiger charge is -2.20. The first-order valence-electron chi connectivity index (χ1n) is 7.35. The van der Waals surface area contributed by atoms with E-state index in [0.29, 0.717) is 12.3 Å². The Morgan fingerprint density at radius 2 is 2.25 bits per heavy atom. The van der Waals surface area contributed by atoms with E-state index in [2.05, 4.69) is 33.4 Å². The molecular formula is C16H23BrN2O. The average Bonchev–Trinajstić information content (AvgIpc) is 2.93. The molecule has 0 radical (unpaired) electrons. The number of halogens is 1. The molecule has 4 heteroatoms. The molecule has 0 aliphatic carbocycles. The van der Waals surface area contributed by atoms with Gasteiger partial charge in [0.05, 0.1) is 0 Å². The van der Waals surface area contributed by atoms with Crippen molar-refractivity contribution in [2.75, 3.05) is 26.7 Å². The van der Waals surface area contributed by atoms with Gasteiger partial charge in [-0.1, -0.05) is 34.1 Å². The van der Waals surface area contributed by atoms with Gasteiger partial charge in [0.2, 0.25) is 5.91 Å². The number of amides is 1. The van der Waals surface area contributed by atoms with Crippen LogP contribution in [0.2, 0.25) is 0 Å². The number of benzene rings is 1. The SMILES string of the molecule is CN(CC1CCNC1)C(=O)CCCc1ccccc1Br. The van der Waals surface area contributed by atoms with Crippen LogP contribution in [0.25, 0.3) is 0 Å². The van der Waals surface area contributed by atoms with E-state index in [1.807, 2.05) is 24.1 Å². The van der Waals surface area contributed by atoms with Gasteiger partial charge in [0.25, 0.3) is 0 Å². The Bertz CT molecular complexity index is 444. The Balaban J connectivity index is 1.70. The number of carbonyl (C=O) groups excluding carboxylic acids is 1. The van der Waals surface area contributed by atoms with Crippen molar-refractivity contribution in [2.45, 2.75) is 25.7 Å². The van der Waals surface area contributed by atoms with Gasteiger partial charge in [-0.3, -0.25) is 4.79 Å². The van der Waals surface area contributed by atoms with Crippen molar-refractivity contribution in [3.05, 3.63) is 34.3 Å². The first kappa shape index (κ1) is 15.5. The number of nitrogens with zero attached hydrogens (tertiary/aromatic N) is 1. The molecule has 0 spiro atoms. The van der Waals surface area contributed by atoms with Crippen LogP contribution in [0.1, 0.15) is 24.8 Å². The summed E-state index contributed by atoms with van der Waals surface area (Å²) in [6.45, 7) is 3.03. The zero-order valence-electron chi connectivity index (χ0n) is 12.1. The minimum atomic E-state index is 0.268. The van der Waals surface area contributed by atoms with Crippen LogP contribution in [0.5, 0.6) is 0 Å². The molecule has 1 unspecified atom stereocenters. The van der Waals surface area contributed by atoms with E-state index in [1.165, 1.54) is 12.0 Å². The number of hydrogen-bond donors (Lipinski definition) is 1. The lowest BCUT2D eigenvalue weighted by Crippen LogP contribution is -2.32. The maximum absolute atomic E-state index is 12.1. The van der Waals surface area contributed by atoms with E-state index >= 15 is 0 Å². The standard InChI is InChI=1S/C16H23BrN2O/c1-19(12-13-9-10-18-11-13)16(20)8-4-6-14-5-2-3-7-15(14)17/h2-3,5,7,13,18H,4,6,8-12H2,1H3. The van der Waals surface area contributed by atoms with Gasteiger partial charge in [0.1, 0.15) is 0 Å². The summed E-state index contributed by atoms with van der Waals surface area (Å²) in [6, 6.07) is 8.22. The van der Waals surface area contributed by atoms with Gasteiger partial charge < -0.3 is 10.2 Å². The minimum Gasteiger partial charge on any atom is -0.345 e. The largest absolute Gasteiger partial charge is 0.345 e. The van der Waals surface area contributed by atoms with Crippen LogP contribution in [-0.4, -0.2) is 37.5 Å². The van der Waals surface area contributed by atoms with Crippen LogP contribution >= 0.6 is 15.9 Å². The number of carbonyl (C=O) groups is 1. The Labute approximate surface area is 129 Å². The highest BCUT2D eigenvalue weighted by molar-refractivity contribution is 9.10. The van der Waals surface area contributed by atoms with Crippen LogP contribution in [0.4, 0.5) is 0 Å². The van der Waals surface area contributed by atoms with Crippen LogP contribution in [0, 0.1) is 5.92 Å². The normalized spacial score (nSPS) is 18.2. The van der Waals surface area contributed by atoms with E-state index in [-0.39, 0.29) is 5.91 Å². The lowest BCUT2D eigenvalue weighted by molar-refractivity contribution is -0.130. The van der Waals surface area contributed by atoms with Gasteiger partial charge in [-0.05, 0) is 49.9 Å². The minimum absolute atomic E-state index is 0.268. The lowest BCUT2D eigenvalue weighted by atomic mass is 10.1.